The molecule has 40 heavy (non-hydrogen) atoms. The van der Waals surface area contributed by atoms with Crippen molar-refractivity contribution in [2.75, 3.05) is 23.8 Å². The molecule has 3 aromatic carbocycles. The maximum Gasteiger partial charge on any atom is 0.270 e. The van der Waals surface area contributed by atoms with Crippen molar-refractivity contribution in [1.29, 1.82) is 0 Å². The van der Waals surface area contributed by atoms with Gasteiger partial charge in [0.25, 0.3) is 5.91 Å². The molecule has 4 heterocycles. The van der Waals surface area contributed by atoms with E-state index in [4.69, 9.17) is 31.2 Å². The van der Waals surface area contributed by atoms with Gasteiger partial charge in [-0.2, -0.15) is 0 Å². The Hall–Kier alpha value is -4.48. The van der Waals surface area contributed by atoms with Gasteiger partial charge in [-0.1, -0.05) is 42.2 Å². The number of anilines is 2. The molecule has 1 aromatic heterocycles. The number of thiocarbonyl (C=S) groups is 1. The van der Waals surface area contributed by atoms with Crippen LogP contribution in [0.1, 0.15) is 11.3 Å². The SMILES string of the molecule is Cc1c(/C=C2\SC(=S)N(c3ccc4c(c3)OCO4)C2=O)c2ccccc2n1CC(=O)Nc1ccc2c(c1)OCO2. The van der Waals surface area contributed by atoms with E-state index in [9.17, 15) is 9.59 Å². The molecule has 9 nitrogen and oxygen atoms in total. The lowest BCUT2D eigenvalue weighted by molar-refractivity contribution is -0.116. The zero-order chi connectivity index (χ0) is 27.4. The molecule has 1 fully saturated rings. The number of hydrogen-bond acceptors (Lipinski definition) is 8. The van der Waals surface area contributed by atoms with Crippen molar-refractivity contribution >= 4 is 68.5 Å². The third kappa shape index (κ3) is 4.14. The lowest BCUT2D eigenvalue weighted by Crippen LogP contribution is -2.27. The van der Waals surface area contributed by atoms with Gasteiger partial charge in [0.05, 0.1) is 10.6 Å². The minimum Gasteiger partial charge on any atom is -0.454 e. The summed E-state index contributed by atoms with van der Waals surface area (Å²) in [7, 11) is 0. The summed E-state index contributed by atoms with van der Waals surface area (Å²) in [4.78, 5) is 28.6. The Morgan fingerprint density at radius 1 is 0.975 bits per heavy atom. The van der Waals surface area contributed by atoms with Crippen molar-refractivity contribution in [2.45, 2.75) is 13.5 Å². The van der Waals surface area contributed by atoms with Crippen LogP contribution in [0.2, 0.25) is 0 Å². The molecule has 0 atom stereocenters. The highest BCUT2D eigenvalue weighted by atomic mass is 32.2. The number of amides is 2. The van der Waals surface area contributed by atoms with Crippen molar-refractivity contribution in [3.63, 3.8) is 0 Å². The number of aromatic nitrogens is 1. The van der Waals surface area contributed by atoms with E-state index in [1.165, 1.54) is 16.7 Å². The van der Waals surface area contributed by atoms with Gasteiger partial charge in [-0.05, 0) is 43.3 Å². The molecule has 0 unspecified atom stereocenters. The molecule has 0 aliphatic carbocycles. The van der Waals surface area contributed by atoms with Crippen molar-refractivity contribution in [3.8, 4) is 23.0 Å². The number of benzene rings is 3. The second kappa shape index (κ2) is 9.61. The normalized spacial score (nSPS) is 16.4. The molecule has 0 radical (unpaired) electrons. The lowest BCUT2D eigenvalue weighted by atomic mass is 10.1. The molecule has 0 bridgehead atoms. The summed E-state index contributed by atoms with van der Waals surface area (Å²) in [6, 6.07) is 18.4. The minimum absolute atomic E-state index is 0.0901. The Morgan fingerprint density at radius 2 is 1.68 bits per heavy atom. The van der Waals surface area contributed by atoms with Crippen LogP contribution in [0.15, 0.2) is 65.6 Å². The zero-order valence-corrected chi connectivity index (χ0v) is 22.8. The van der Waals surface area contributed by atoms with Gasteiger partial charge in [-0.3, -0.25) is 14.5 Å². The number of rotatable bonds is 5. The van der Waals surface area contributed by atoms with E-state index < -0.39 is 0 Å². The zero-order valence-electron chi connectivity index (χ0n) is 21.1. The fourth-order valence-electron chi connectivity index (χ4n) is 5.01. The minimum atomic E-state index is -0.217. The summed E-state index contributed by atoms with van der Waals surface area (Å²) in [6.07, 6.45) is 1.86. The molecular weight excluding hydrogens is 550 g/mol. The molecule has 11 heteroatoms. The molecule has 7 rings (SSSR count). The van der Waals surface area contributed by atoms with E-state index in [0.29, 0.717) is 43.6 Å². The predicted octanol–water partition coefficient (Wildman–Crippen LogP) is 5.45. The highest BCUT2D eigenvalue weighted by Gasteiger charge is 2.34. The number of carbonyl (C=O) groups excluding carboxylic acids is 2. The molecule has 2 amide bonds. The van der Waals surface area contributed by atoms with Gasteiger partial charge in [0.2, 0.25) is 19.5 Å². The molecule has 3 aliphatic rings. The first kappa shape index (κ1) is 24.6. The summed E-state index contributed by atoms with van der Waals surface area (Å²) in [5.41, 5.74) is 3.84. The maximum absolute atomic E-state index is 13.5. The number of ether oxygens (including phenoxy) is 4. The van der Waals surface area contributed by atoms with Crippen LogP contribution in [-0.2, 0) is 16.1 Å². The van der Waals surface area contributed by atoms with E-state index in [1.807, 2.05) is 41.8 Å². The van der Waals surface area contributed by atoms with Gasteiger partial charge < -0.3 is 28.8 Å². The van der Waals surface area contributed by atoms with E-state index in [0.717, 1.165) is 22.2 Å². The van der Waals surface area contributed by atoms with E-state index >= 15 is 0 Å². The Balaban J connectivity index is 1.18. The van der Waals surface area contributed by atoms with Gasteiger partial charge in [0, 0.05) is 40.0 Å². The van der Waals surface area contributed by atoms with Crippen LogP contribution in [0.3, 0.4) is 0 Å². The van der Waals surface area contributed by atoms with Crippen LogP contribution in [0, 0.1) is 6.92 Å². The maximum atomic E-state index is 13.5. The Morgan fingerprint density at radius 3 is 2.48 bits per heavy atom. The molecule has 3 aliphatic heterocycles. The first-order chi connectivity index (χ1) is 19.5. The van der Waals surface area contributed by atoms with E-state index in [2.05, 4.69) is 5.32 Å². The average molecular weight is 572 g/mol. The summed E-state index contributed by atoms with van der Waals surface area (Å²) in [6.45, 7) is 2.35. The average Bonchev–Trinajstić information content (AvgIpc) is 3.72. The number of thioether (sulfide) groups is 1. The number of fused-ring (bicyclic) bond motifs is 3. The molecule has 0 spiro atoms. The first-order valence-electron chi connectivity index (χ1n) is 12.4. The third-order valence-corrected chi connectivity index (χ3v) is 8.22. The first-order valence-corrected chi connectivity index (χ1v) is 13.6. The van der Waals surface area contributed by atoms with Crippen LogP contribution in [0.25, 0.3) is 17.0 Å². The Kier molecular flexibility index (Phi) is 5.90. The second-order valence-corrected chi connectivity index (χ2v) is 10.9. The number of nitrogens with one attached hydrogen (secondary N) is 1. The third-order valence-electron chi connectivity index (χ3n) is 6.92. The summed E-state index contributed by atoms with van der Waals surface area (Å²) in [5.74, 6) is 2.05. The number of nitrogens with zero attached hydrogens (tertiary/aromatic N) is 2. The number of para-hydroxylation sites is 1. The topological polar surface area (TPSA) is 91.3 Å². The van der Waals surface area contributed by atoms with Gasteiger partial charge in [-0.25, -0.2) is 0 Å². The Labute approximate surface area is 238 Å². The van der Waals surface area contributed by atoms with Crippen LogP contribution >= 0.6 is 24.0 Å². The second-order valence-electron chi connectivity index (χ2n) is 9.27. The monoisotopic (exact) mass is 571 g/mol. The molecule has 200 valence electrons. The molecule has 4 aromatic rings. The molecular formula is C29H21N3O6S2. The van der Waals surface area contributed by atoms with Crippen LogP contribution < -0.4 is 29.2 Å². The van der Waals surface area contributed by atoms with Gasteiger partial charge in [-0.15, -0.1) is 0 Å². The highest BCUT2D eigenvalue weighted by molar-refractivity contribution is 8.27. The molecule has 0 saturated carbocycles. The fourth-order valence-corrected chi connectivity index (χ4v) is 6.29. The quantitative estimate of drug-likeness (QED) is 0.250. The van der Waals surface area contributed by atoms with Crippen LogP contribution in [-0.4, -0.2) is 34.3 Å². The molecule has 1 N–H and O–H groups in total. The van der Waals surface area contributed by atoms with Crippen molar-refractivity contribution in [3.05, 3.63) is 76.8 Å². The van der Waals surface area contributed by atoms with Gasteiger partial charge >= 0.3 is 0 Å². The Bertz CT molecular complexity index is 1780. The fraction of sp³-hybridized carbons (Fsp3) is 0.138. The standard InChI is InChI=1S/C29H21N3O6S2/c1-16-20(12-26-28(34)32(29(39)40-26)18-7-9-23-25(11-18)38-15-36-23)19-4-2-3-5-21(19)31(16)13-27(33)30-17-6-8-22-24(10-17)37-14-35-22/h2-12H,13-15H2,1H3,(H,30,33)/b26-12-. The largest absolute Gasteiger partial charge is 0.454 e. The van der Waals surface area contributed by atoms with E-state index in [1.54, 1.807) is 36.4 Å². The molecule has 1 saturated heterocycles. The lowest BCUT2D eigenvalue weighted by Gasteiger charge is -2.14. The number of carbonyl (C=O) groups is 2. The van der Waals surface area contributed by atoms with E-state index in [-0.39, 0.29) is 31.9 Å². The highest BCUT2D eigenvalue weighted by Crippen LogP contribution is 2.42. The summed E-state index contributed by atoms with van der Waals surface area (Å²) < 4.78 is 24.0. The van der Waals surface area contributed by atoms with Gasteiger partial charge in [0.1, 0.15) is 6.54 Å². The van der Waals surface area contributed by atoms with Crippen molar-refractivity contribution in [2.24, 2.45) is 0 Å². The predicted molar refractivity (Wildman–Crippen MR) is 156 cm³/mol. The number of hydrogen-bond donors (Lipinski definition) is 1. The van der Waals surface area contributed by atoms with Crippen molar-refractivity contribution < 1.29 is 28.5 Å². The van der Waals surface area contributed by atoms with Crippen LogP contribution in [0.4, 0.5) is 11.4 Å². The summed E-state index contributed by atoms with van der Waals surface area (Å²) in [5, 5.41) is 3.87. The summed E-state index contributed by atoms with van der Waals surface area (Å²) >= 11 is 6.83. The smallest absolute Gasteiger partial charge is 0.270 e. The van der Waals surface area contributed by atoms with Gasteiger partial charge in [0.15, 0.2) is 27.3 Å². The van der Waals surface area contributed by atoms with Crippen LogP contribution in [0.5, 0.6) is 23.0 Å². The van der Waals surface area contributed by atoms with Crippen molar-refractivity contribution in [1.82, 2.24) is 4.57 Å².